The Morgan fingerprint density at radius 2 is 1.90 bits per heavy atom. The van der Waals surface area contributed by atoms with E-state index >= 15 is 0 Å². The van der Waals surface area contributed by atoms with Crippen LogP contribution in [0, 0.1) is 19.3 Å². The van der Waals surface area contributed by atoms with Gasteiger partial charge >= 0.3 is 5.97 Å². The first kappa shape index (κ1) is 16.8. The highest BCUT2D eigenvalue weighted by molar-refractivity contribution is 8.00. The molecule has 3 nitrogen and oxygen atoms in total. The summed E-state index contributed by atoms with van der Waals surface area (Å²) < 4.78 is 4.95. The number of ether oxygens (including phenoxy) is 1. The molecule has 0 amide bonds. The maximum absolute atomic E-state index is 12.2. The molecule has 110 valence electrons. The summed E-state index contributed by atoms with van der Waals surface area (Å²) in [6.07, 6.45) is 0. The van der Waals surface area contributed by atoms with E-state index < -0.39 is 11.4 Å². The van der Waals surface area contributed by atoms with Gasteiger partial charge in [0.1, 0.15) is 5.41 Å². The van der Waals surface area contributed by atoms with E-state index in [1.54, 1.807) is 20.8 Å². The molecule has 0 radical (unpaired) electrons. The quantitative estimate of drug-likeness (QED) is 0.457. The van der Waals surface area contributed by atoms with Crippen LogP contribution in [0.5, 0.6) is 0 Å². The first-order valence-corrected chi connectivity index (χ1v) is 7.68. The van der Waals surface area contributed by atoms with E-state index in [-0.39, 0.29) is 11.5 Å². The van der Waals surface area contributed by atoms with Gasteiger partial charge in [0, 0.05) is 4.90 Å². The molecular formula is C16H22O3S. The SMILES string of the molecule is CCOC(=O)C(C)(C)C(=O)CSc1cc(C)ccc1C. The van der Waals surface area contributed by atoms with E-state index in [2.05, 4.69) is 6.07 Å². The van der Waals surface area contributed by atoms with E-state index in [0.29, 0.717) is 6.61 Å². The van der Waals surface area contributed by atoms with Crippen LogP contribution in [0.25, 0.3) is 0 Å². The van der Waals surface area contributed by atoms with Crippen molar-refractivity contribution in [3.63, 3.8) is 0 Å². The number of Topliss-reactive ketones (excluding diaryl/α,β-unsaturated/α-hetero) is 1. The lowest BCUT2D eigenvalue weighted by atomic mass is 9.89. The molecule has 0 heterocycles. The predicted molar refractivity (Wildman–Crippen MR) is 82.1 cm³/mol. The summed E-state index contributed by atoms with van der Waals surface area (Å²) in [5, 5.41) is 0. The Morgan fingerprint density at radius 3 is 2.50 bits per heavy atom. The molecule has 0 aliphatic carbocycles. The van der Waals surface area contributed by atoms with Crippen LogP contribution in [0.1, 0.15) is 31.9 Å². The number of esters is 1. The molecule has 0 fully saturated rings. The summed E-state index contributed by atoms with van der Waals surface area (Å²) in [5.74, 6) is -0.288. The molecule has 0 aromatic heterocycles. The standard InChI is InChI=1S/C16H22O3S/c1-6-19-15(18)16(4,5)14(17)10-20-13-9-11(2)7-8-12(13)3/h7-9H,6,10H2,1-5H3. The number of hydrogen-bond acceptors (Lipinski definition) is 4. The van der Waals surface area contributed by atoms with Gasteiger partial charge < -0.3 is 4.74 Å². The van der Waals surface area contributed by atoms with Gasteiger partial charge in [0.2, 0.25) is 0 Å². The third-order valence-corrected chi connectivity index (χ3v) is 4.34. The zero-order valence-corrected chi connectivity index (χ0v) is 13.6. The van der Waals surface area contributed by atoms with Gasteiger partial charge in [-0.1, -0.05) is 17.7 Å². The van der Waals surface area contributed by atoms with Crippen molar-refractivity contribution in [2.24, 2.45) is 5.41 Å². The first-order valence-electron chi connectivity index (χ1n) is 6.69. The summed E-state index contributed by atoms with van der Waals surface area (Å²) in [6.45, 7) is 9.31. The fourth-order valence-electron chi connectivity index (χ4n) is 1.61. The fourth-order valence-corrected chi connectivity index (χ4v) is 2.82. The second kappa shape index (κ2) is 6.93. The minimum atomic E-state index is -1.08. The second-order valence-electron chi connectivity index (χ2n) is 5.33. The Kier molecular flexibility index (Phi) is 5.81. The van der Waals surface area contributed by atoms with Gasteiger partial charge in [-0.15, -0.1) is 11.8 Å². The zero-order valence-electron chi connectivity index (χ0n) is 12.8. The average molecular weight is 294 g/mol. The molecule has 0 bridgehead atoms. The summed E-state index contributed by atoms with van der Waals surface area (Å²) in [5.41, 5.74) is 1.22. The Morgan fingerprint density at radius 1 is 1.25 bits per heavy atom. The molecule has 1 aromatic carbocycles. The summed E-state index contributed by atoms with van der Waals surface area (Å²) in [4.78, 5) is 25.1. The Hall–Kier alpha value is -1.29. The van der Waals surface area contributed by atoms with Crippen molar-refractivity contribution in [2.45, 2.75) is 39.5 Å². The van der Waals surface area contributed by atoms with Gasteiger partial charge in [0.15, 0.2) is 5.78 Å². The van der Waals surface area contributed by atoms with E-state index in [4.69, 9.17) is 4.74 Å². The second-order valence-corrected chi connectivity index (χ2v) is 6.34. The average Bonchev–Trinajstić information content (AvgIpc) is 2.39. The molecule has 0 aliphatic rings. The minimum absolute atomic E-state index is 0.109. The van der Waals surface area contributed by atoms with Gasteiger partial charge in [-0.25, -0.2) is 0 Å². The lowest BCUT2D eigenvalue weighted by molar-refractivity contribution is -0.157. The summed E-state index contributed by atoms with van der Waals surface area (Å²) in [6, 6.07) is 6.15. The number of hydrogen-bond donors (Lipinski definition) is 0. The zero-order chi connectivity index (χ0) is 15.3. The van der Waals surface area contributed by atoms with Crippen LogP contribution in [0.15, 0.2) is 23.1 Å². The number of benzene rings is 1. The number of aryl methyl sites for hydroxylation is 2. The molecular weight excluding hydrogens is 272 g/mol. The van der Waals surface area contributed by atoms with Crippen molar-refractivity contribution in [3.8, 4) is 0 Å². The molecule has 4 heteroatoms. The highest BCUT2D eigenvalue weighted by Gasteiger charge is 2.36. The summed E-state index contributed by atoms with van der Waals surface area (Å²) in [7, 11) is 0. The van der Waals surface area contributed by atoms with Crippen LogP contribution in [0.4, 0.5) is 0 Å². The predicted octanol–water partition coefficient (Wildman–Crippen LogP) is 3.55. The van der Waals surface area contributed by atoms with Crippen LogP contribution in [-0.2, 0) is 14.3 Å². The van der Waals surface area contributed by atoms with Crippen molar-refractivity contribution in [1.29, 1.82) is 0 Å². The van der Waals surface area contributed by atoms with Crippen LogP contribution < -0.4 is 0 Å². The maximum Gasteiger partial charge on any atom is 0.319 e. The monoisotopic (exact) mass is 294 g/mol. The normalized spacial score (nSPS) is 11.2. The first-order chi connectivity index (χ1) is 9.28. The van der Waals surface area contributed by atoms with Crippen LogP contribution in [0.3, 0.4) is 0 Å². The lowest BCUT2D eigenvalue weighted by Gasteiger charge is -2.20. The van der Waals surface area contributed by atoms with Crippen molar-refractivity contribution in [2.75, 3.05) is 12.4 Å². The third-order valence-electron chi connectivity index (χ3n) is 3.19. The largest absolute Gasteiger partial charge is 0.465 e. The van der Waals surface area contributed by atoms with Crippen molar-refractivity contribution >= 4 is 23.5 Å². The number of ketones is 1. The van der Waals surface area contributed by atoms with Gasteiger partial charge in [-0.3, -0.25) is 9.59 Å². The number of carbonyl (C=O) groups excluding carboxylic acids is 2. The minimum Gasteiger partial charge on any atom is -0.465 e. The lowest BCUT2D eigenvalue weighted by Crippen LogP contribution is -2.36. The van der Waals surface area contributed by atoms with E-state index in [1.807, 2.05) is 26.0 Å². The molecule has 1 rings (SSSR count). The molecule has 0 aliphatic heterocycles. The van der Waals surface area contributed by atoms with Gasteiger partial charge in [-0.05, 0) is 46.2 Å². The maximum atomic E-state index is 12.2. The smallest absolute Gasteiger partial charge is 0.319 e. The van der Waals surface area contributed by atoms with E-state index in [9.17, 15) is 9.59 Å². The van der Waals surface area contributed by atoms with Gasteiger partial charge in [0.05, 0.1) is 12.4 Å². The van der Waals surface area contributed by atoms with Crippen molar-refractivity contribution in [3.05, 3.63) is 29.3 Å². The Balaban J connectivity index is 2.71. The number of thioether (sulfide) groups is 1. The van der Waals surface area contributed by atoms with E-state index in [0.717, 1.165) is 16.0 Å². The Labute approximate surface area is 125 Å². The van der Waals surface area contributed by atoms with Gasteiger partial charge in [0.25, 0.3) is 0 Å². The topological polar surface area (TPSA) is 43.4 Å². The highest BCUT2D eigenvalue weighted by Crippen LogP contribution is 2.27. The van der Waals surface area contributed by atoms with E-state index in [1.165, 1.54) is 11.8 Å². The molecule has 0 unspecified atom stereocenters. The van der Waals surface area contributed by atoms with Crippen LogP contribution in [0.2, 0.25) is 0 Å². The van der Waals surface area contributed by atoms with Crippen molar-refractivity contribution < 1.29 is 14.3 Å². The summed E-state index contributed by atoms with van der Waals surface area (Å²) >= 11 is 1.47. The van der Waals surface area contributed by atoms with Crippen molar-refractivity contribution in [1.82, 2.24) is 0 Å². The molecule has 1 aromatic rings. The molecule has 0 spiro atoms. The molecule has 0 atom stereocenters. The molecule has 0 N–H and O–H groups in total. The highest BCUT2D eigenvalue weighted by atomic mass is 32.2. The third kappa shape index (κ3) is 4.10. The fraction of sp³-hybridized carbons (Fsp3) is 0.500. The van der Waals surface area contributed by atoms with Gasteiger partial charge in [-0.2, -0.15) is 0 Å². The number of rotatable bonds is 6. The van der Waals surface area contributed by atoms with Crippen LogP contribution in [-0.4, -0.2) is 24.1 Å². The molecule has 0 saturated carbocycles. The molecule has 20 heavy (non-hydrogen) atoms. The van der Waals surface area contributed by atoms with Crippen LogP contribution >= 0.6 is 11.8 Å². The Bertz CT molecular complexity index is 506. The number of carbonyl (C=O) groups is 2. The molecule has 0 saturated heterocycles.